The predicted octanol–water partition coefficient (Wildman–Crippen LogP) is 5.49. The summed E-state index contributed by atoms with van der Waals surface area (Å²) in [6.45, 7) is -3.17. The van der Waals surface area contributed by atoms with E-state index in [1.807, 2.05) is 12.1 Å². The molecular weight excluding hydrogens is 577 g/mol. The molecule has 0 amide bonds. The van der Waals surface area contributed by atoms with Crippen molar-refractivity contribution in [1.29, 1.82) is 0 Å². The molecule has 2 aromatic carbocycles. The van der Waals surface area contributed by atoms with Gasteiger partial charge in [-0.2, -0.15) is 48.9 Å². The van der Waals surface area contributed by atoms with Gasteiger partial charge in [0.25, 0.3) is 10.2 Å². The maximum Gasteiger partial charge on any atom is 0.408 e. The molecule has 14 heteroatoms. The zero-order chi connectivity index (χ0) is 29.4. The van der Waals surface area contributed by atoms with Crippen molar-refractivity contribution < 1.29 is 39.2 Å². The summed E-state index contributed by atoms with van der Waals surface area (Å²) in [6, 6.07) is 11.9. The van der Waals surface area contributed by atoms with Gasteiger partial charge in [0.1, 0.15) is 18.9 Å². The third-order valence-corrected chi connectivity index (χ3v) is 10.0. The molecule has 220 valence electrons. The van der Waals surface area contributed by atoms with Gasteiger partial charge in [-0.15, -0.1) is 0 Å². The summed E-state index contributed by atoms with van der Waals surface area (Å²) < 4.78 is 122. The average Bonchev–Trinajstić information content (AvgIpc) is 3.43. The molecule has 1 aliphatic heterocycles. The third kappa shape index (κ3) is 5.37. The zero-order valence-electron chi connectivity index (χ0n) is 21.4. The Morgan fingerprint density at radius 2 is 1.46 bits per heavy atom. The van der Waals surface area contributed by atoms with Gasteiger partial charge in [-0.3, -0.25) is 4.68 Å². The Morgan fingerprint density at radius 1 is 0.854 bits per heavy atom. The van der Waals surface area contributed by atoms with E-state index in [0.717, 1.165) is 27.9 Å². The summed E-state index contributed by atoms with van der Waals surface area (Å²) in [4.78, 5) is 0. The smallest absolute Gasteiger partial charge is 0.255 e. The van der Waals surface area contributed by atoms with Gasteiger partial charge in [0.05, 0.1) is 16.9 Å². The summed E-state index contributed by atoms with van der Waals surface area (Å²) in [5, 5.41) is 4.22. The highest BCUT2D eigenvalue weighted by Gasteiger charge is 2.60. The molecule has 6 nitrogen and oxygen atoms in total. The van der Waals surface area contributed by atoms with E-state index in [0.29, 0.717) is 41.1 Å². The Kier molecular flexibility index (Phi) is 6.54. The molecule has 1 saturated heterocycles. The lowest BCUT2D eigenvalue weighted by atomic mass is 9.79. The van der Waals surface area contributed by atoms with Gasteiger partial charge in [-0.25, -0.2) is 4.39 Å². The van der Waals surface area contributed by atoms with Gasteiger partial charge in [0.2, 0.25) is 0 Å². The molecule has 1 aromatic heterocycles. The average molecular weight is 603 g/mol. The fourth-order valence-corrected chi connectivity index (χ4v) is 8.41. The zero-order valence-corrected chi connectivity index (χ0v) is 22.3. The van der Waals surface area contributed by atoms with Crippen LogP contribution in [0.15, 0.2) is 48.5 Å². The summed E-state index contributed by atoms with van der Waals surface area (Å²) in [6.07, 6.45) is -7.07. The molecular formula is C27H25F7N4O2S. The molecule has 2 bridgehead atoms. The lowest BCUT2D eigenvalue weighted by Crippen LogP contribution is -2.52. The van der Waals surface area contributed by atoms with Crippen molar-refractivity contribution in [3.63, 3.8) is 0 Å². The van der Waals surface area contributed by atoms with Crippen LogP contribution in [0.3, 0.4) is 0 Å². The minimum atomic E-state index is -4.68. The number of hydrogen-bond acceptors (Lipinski definition) is 3. The number of halogens is 7. The van der Waals surface area contributed by atoms with E-state index >= 15 is 0 Å². The van der Waals surface area contributed by atoms with E-state index in [1.54, 1.807) is 6.07 Å². The van der Waals surface area contributed by atoms with Crippen LogP contribution in [0.4, 0.5) is 30.7 Å². The number of benzene rings is 2. The molecule has 0 radical (unpaired) electrons. The SMILES string of the molecule is O=S1(=O)N[C@@]2(CN1CC(F)(F)F)[C@@H]1CC[C@H]2Cc2ccc(-c3cc(-c4ccc(F)cc4)n(CC(F)(F)F)n3)cc2C1. The Hall–Kier alpha value is -2.97. The van der Waals surface area contributed by atoms with Crippen LogP contribution in [0.5, 0.6) is 0 Å². The van der Waals surface area contributed by atoms with Crippen LogP contribution < -0.4 is 4.72 Å². The van der Waals surface area contributed by atoms with Gasteiger partial charge in [-0.1, -0.05) is 12.1 Å². The van der Waals surface area contributed by atoms with Crippen molar-refractivity contribution in [2.45, 2.75) is 50.1 Å². The minimum absolute atomic E-state index is 0.162. The van der Waals surface area contributed by atoms with Gasteiger partial charge < -0.3 is 0 Å². The third-order valence-electron chi connectivity index (χ3n) is 8.46. The van der Waals surface area contributed by atoms with Crippen molar-refractivity contribution in [1.82, 2.24) is 18.8 Å². The number of hydrogen-bond donors (Lipinski definition) is 1. The molecule has 41 heavy (non-hydrogen) atoms. The molecule has 1 spiro atoms. The highest BCUT2D eigenvalue weighted by atomic mass is 32.2. The molecule has 2 heterocycles. The second kappa shape index (κ2) is 9.53. The number of nitrogens with one attached hydrogen (secondary N) is 1. The minimum Gasteiger partial charge on any atom is -0.255 e. The highest BCUT2D eigenvalue weighted by molar-refractivity contribution is 7.87. The molecule has 3 aliphatic rings. The molecule has 3 aromatic rings. The van der Waals surface area contributed by atoms with Crippen LogP contribution in [-0.2, 0) is 29.6 Å². The monoisotopic (exact) mass is 602 g/mol. The van der Waals surface area contributed by atoms with Crippen LogP contribution in [0.25, 0.3) is 22.5 Å². The summed E-state index contributed by atoms with van der Waals surface area (Å²) in [5.74, 6) is -0.988. The maximum atomic E-state index is 13.5. The normalized spacial score (nSPS) is 25.9. The molecule has 1 saturated carbocycles. The second-order valence-electron chi connectivity index (χ2n) is 11.1. The fourth-order valence-electron chi connectivity index (χ4n) is 6.71. The van der Waals surface area contributed by atoms with Crippen molar-refractivity contribution in [2.75, 3.05) is 13.1 Å². The molecule has 2 fully saturated rings. The largest absolute Gasteiger partial charge is 0.408 e. The van der Waals surface area contributed by atoms with E-state index in [1.165, 1.54) is 18.2 Å². The maximum absolute atomic E-state index is 13.5. The van der Waals surface area contributed by atoms with Crippen molar-refractivity contribution in [2.24, 2.45) is 11.8 Å². The van der Waals surface area contributed by atoms with Crippen LogP contribution in [0.2, 0.25) is 0 Å². The fraction of sp³-hybridized carbons (Fsp3) is 0.444. The lowest BCUT2D eigenvalue weighted by Gasteiger charge is -2.33. The number of aromatic nitrogens is 2. The van der Waals surface area contributed by atoms with Gasteiger partial charge in [-0.05, 0) is 85.0 Å². The first-order valence-electron chi connectivity index (χ1n) is 13.0. The van der Waals surface area contributed by atoms with E-state index < -0.39 is 47.0 Å². The van der Waals surface area contributed by atoms with Gasteiger partial charge in [0.15, 0.2) is 0 Å². The summed E-state index contributed by atoms with van der Waals surface area (Å²) in [7, 11) is -4.32. The van der Waals surface area contributed by atoms with E-state index in [-0.39, 0.29) is 29.8 Å². The van der Waals surface area contributed by atoms with Crippen molar-refractivity contribution >= 4 is 10.2 Å². The van der Waals surface area contributed by atoms with Crippen LogP contribution in [-0.4, -0.2) is 53.5 Å². The molecule has 3 atom stereocenters. The van der Waals surface area contributed by atoms with Crippen molar-refractivity contribution in [3.05, 3.63) is 65.5 Å². The van der Waals surface area contributed by atoms with Crippen LogP contribution in [0, 0.1) is 17.7 Å². The second-order valence-corrected chi connectivity index (χ2v) is 12.8. The Morgan fingerprint density at radius 3 is 2.10 bits per heavy atom. The van der Waals surface area contributed by atoms with E-state index in [9.17, 15) is 39.2 Å². The number of alkyl halides is 6. The van der Waals surface area contributed by atoms with E-state index in [2.05, 4.69) is 9.82 Å². The Labute approximate surface area is 231 Å². The Balaban J connectivity index is 1.33. The first-order chi connectivity index (χ1) is 19.1. The predicted molar refractivity (Wildman–Crippen MR) is 135 cm³/mol. The molecule has 1 N–H and O–H groups in total. The number of rotatable bonds is 4. The number of fused-ring (bicyclic) bond motifs is 1. The quantitative estimate of drug-likeness (QED) is 0.402. The summed E-state index contributed by atoms with van der Waals surface area (Å²) >= 11 is 0. The van der Waals surface area contributed by atoms with Crippen LogP contribution >= 0.6 is 0 Å². The number of nitrogens with zero attached hydrogens (tertiary/aromatic N) is 3. The van der Waals surface area contributed by atoms with Crippen molar-refractivity contribution in [3.8, 4) is 22.5 Å². The van der Waals surface area contributed by atoms with Gasteiger partial charge in [0, 0.05) is 17.7 Å². The lowest BCUT2D eigenvalue weighted by molar-refractivity contribution is -0.142. The summed E-state index contributed by atoms with van der Waals surface area (Å²) in [5.41, 5.74) is 2.09. The Bertz CT molecular complexity index is 1580. The highest BCUT2D eigenvalue weighted by Crippen LogP contribution is 2.51. The molecule has 6 rings (SSSR count). The molecule has 2 aliphatic carbocycles. The van der Waals surface area contributed by atoms with Gasteiger partial charge >= 0.3 is 12.4 Å². The molecule has 0 unspecified atom stereocenters. The standard InChI is InChI=1S/C27H25F7N4O2S/c28-22-7-3-16(4-8-22)24-12-23(35-38(24)15-27(32,33)34)18-2-1-17-10-20-5-6-21(11-19(17)9-18)25(20)13-37(14-26(29,30)31)41(39,40)36-25/h1-4,7-9,12,20-21,36H,5-6,10-11,13-15H2/t20-,21+,25+/m0/s1. The topological polar surface area (TPSA) is 67.2 Å². The first kappa shape index (κ1) is 28.2. The first-order valence-corrected chi connectivity index (χ1v) is 14.4. The van der Waals surface area contributed by atoms with Crippen LogP contribution in [0.1, 0.15) is 24.0 Å². The van der Waals surface area contributed by atoms with E-state index in [4.69, 9.17) is 0 Å².